The van der Waals surface area contributed by atoms with E-state index < -0.39 is 28.2 Å². The Morgan fingerprint density at radius 1 is 0.287 bits per heavy atom. The molecule has 0 unspecified atom stereocenters. The number of hydrogen-bond donors (Lipinski definition) is 0. The lowest BCUT2D eigenvalue weighted by molar-refractivity contribution is -0.168. The van der Waals surface area contributed by atoms with Crippen LogP contribution in [0.2, 0.25) is 0 Å². The van der Waals surface area contributed by atoms with Crippen LogP contribution in [-0.4, -0.2) is 44.3 Å². The van der Waals surface area contributed by atoms with Gasteiger partial charge in [0.2, 0.25) is 0 Å². The summed E-state index contributed by atoms with van der Waals surface area (Å²) in [5.74, 6) is -1.40. The summed E-state index contributed by atoms with van der Waals surface area (Å²) < 4.78 is 25.9. The van der Waals surface area contributed by atoms with Crippen LogP contribution in [0.15, 0.2) is 47.8 Å². The van der Waals surface area contributed by atoms with Gasteiger partial charge in [-0.3, -0.25) is 9.59 Å². The Labute approximate surface area is 480 Å². The van der Waals surface area contributed by atoms with E-state index in [1.807, 2.05) is 41.8 Å². The lowest BCUT2D eigenvalue weighted by Crippen LogP contribution is -2.39. The average molecular weight is 1110 g/mol. The molecule has 8 heteroatoms. The fourth-order valence-electron chi connectivity index (χ4n) is 27.2. The highest BCUT2D eigenvalue weighted by Crippen LogP contribution is 2.96. The molecule has 0 N–H and O–H groups in total. The maximum absolute atomic E-state index is 17.6. The topological polar surface area (TPSA) is 88.1 Å². The van der Waals surface area contributed by atoms with E-state index in [9.17, 15) is 4.79 Å². The fraction of sp³-hybridized carbons (Fsp3) is 0.101. The molecule has 7 nitrogen and oxygen atoms in total. The minimum atomic E-state index is -1.88. The van der Waals surface area contributed by atoms with Crippen LogP contribution in [0.1, 0.15) is 37.5 Å². The van der Waals surface area contributed by atoms with Crippen LogP contribution in [-0.2, 0) is 46.0 Å². The molecule has 0 atom stereocenters. The van der Waals surface area contributed by atoms with Crippen molar-refractivity contribution < 1.29 is 33.3 Å². The van der Waals surface area contributed by atoms with E-state index in [-0.39, 0.29) is 39.0 Å². The summed E-state index contributed by atoms with van der Waals surface area (Å²) in [6, 6.07) is 13.6. The highest BCUT2D eigenvalue weighted by molar-refractivity contribution is 7.12. The molecule has 5 aliphatic carbocycles. The van der Waals surface area contributed by atoms with Gasteiger partial charge in [-0.15, -0.1) is 11.3 Å². The Kier molecular flexibility index (Phi) is 3.86. The standard InChI is InChI=1S/C79H18O7S/c80-74(15-7-4-12-87-15)84-10-8-83-9-11-85-75(81)79(76(82)86-13-14-5-2-1-3-6-14)77-70-62-54-44-34-26-18-16-17-20-24-22(18)30-38-32(24)42-36-28(20)29-21(17)25-23-19(16)27(26)35-41-31(23)39-33(25)43-37(29)47-46(36)56-50(42)60-52(38)58(48(54)40(30)34)66(70)68(60)72-64(56)65-57(47)51(43)61-53(39)59-49(41)55(45(35)44)63(62)71(77)67(59)69(61)73(65)78(72,77)79/h1-7,12H,8-11,13H2. The van der Waals surface area contributed by atoms with Crippen molar-refractivity contribution in [2.24, 2.45) is 5.41 Å². The number of benzene rings is 19. The number of carbonyl (C=O) groups excluding carboxylic acids is 3. The van der Waals surface area contributed by atoms with Crippen LogP contribution < -0.4 is 0 Å². The fourth-order valence-corrected chi connectivity index (χ4v) is 27.8. The first-order chi connectivity index (χ1) is 43.1. The molecule has 5 aliphatic rings. The Morgan fingerprint density at radius 2 is 0.552 bits per heavy atom. The van der Waals surface area contributed by atoms with Gasteiger partial charge in [-0.25, -0.2) is 4.79 Å². The van der Waals surface area contributed by atoms with Crippen molar-refractivity contribution in [2.45, 2.75) is 17.4 Å². The molecule has 1 saturated carbocycles. The van der Waals surface area contributed by atoms with E-state index in [4.69, 9.17) is 18.9 Å². The van der Waals surface area contributed by atoms with E-state index in [2.05, 4.69) is 0 Å². The number of hydrogen-bond acceptors (Lipinski definition) is 8. The molecule has 0 saturated heterocycles. The van der Waals surface area contributed by atoms with Crippen molar-refractivity contribution in [1.82, 2.24) is 0 Å². The van der Waals surface area contributed by atoms with Crippen LogP contribution >= 0.6 is 11.3 Å². The summed E-state index contributed by atoms with van der Waals surface area (Å²) in [7, 11) is 0. The molecule has 0 radical (unpaired) electrons. The van der Waals surface area contributed by atoms with Crippen LogP contribution in [0.3, 0.4) is 0 Å². The van der Waals surface area contributed by atoms with Crippen molar-refractivity contribution in [2.75, 3.05) is 26.4 Å². The third-order valence-electron chi connectivity index (χ3n) is 27.8. The zero-order valence-corrected chi connectivity index (χ0v) is 45.2. The van der Waals surface area contributed by atoms with Crippen molar-refractivity contribution in [3.63, 3.8) is 0 Å². The largest absolute Gasteiger partial charge is 0.462 e. The van der Waals surface area contributed by atoms with Gasteiger partial charge in [0.1, 0.15) is 24.7 Å². The van der Waals surface area contributed by atoms with Gasteiger partial charge >= 0.3 is 17.9 Å². The number of carbonyl (C=O) groups is 3. The van der Waals surface area contributed by atoms with Gasteiger partial charge in [0.05, 0.1) is 24.0 Å². The van der Waals surface area contributed by atoms with Crippen molar-refractivity contribution in [3.05, 3.63) is 80.5 Å². The van der Waals surface area contributed by atoms with Gasteiger partial charge in [0.15, 0.2) is 5.41 Å². The predicted octanol–water partition coefficient (Wildman–Crippen LogP) is 18.5. The SMILES string of the molecule is O=C(OCCOCCOC(=O)C1(C(=O)OCc2ccccc2)C23c4c5c6c7c8c9c(c%10c%11c2c2c4c4c%12c5c5c6c6c8c8c%13c9c9c%10c%10c%11c%11c2c2c4c4c%12c%12c5c5c6c8c6c8c%13c9c9c%10c%10c%11c2c2c4c4c%12c5c6c5c8c9c%10c2c45)C713)c1cccs1. The van der Waals surface area contributed by atoms with E-state index >= 15 is 9.59 Å². The van der Waals surface area contributed by atoms with Crippen LogP contribution in [0.25, 0.3) is 291 Å². The average Bonchev–Trinajstić information content (AvgIpc) is 1.36. The maximum Gasteiger partial charge on any atom is 0.348 e. The highest BCUT2D eigenvalue weighted by Gasteiger charge is 3.01. The predicted molar refractivity (Wildman–Crippen MR) is 349 cm³/mol. The first-order valence-corrected chi connectivity index (χ1v) is 32.0. The van der Waals surface area contributed by atoms with Crippen LogP contribution in [0.4, 0.5) is 0 Å². The summed E-state index contributed by atoms with van der Waals surface area (Å²) in [5.41, 5.74) is 1.38. The molecule has 0 aliphatic heterocycles. The molecule has 1 heterocycles. The lowest BCUT2D eigenvalue weighted by atomic mass is 9.68. The van der Waals surface area contributed by atoms with Crippen LogP contribution in [0.5, 0.6) is 0 Å². The Hall–Kier alpha value is -10.3. The molecule has 29 aromatic carbocycles. The molecule has 1 aromatic heterocycles. The molecule has 382 valence electrons. The third kappa shape index (κ3) is 2.28. The second-order valence-corrected chi connectivity index (χ2v) is 29.9. The van der Waals surface area contributed by atoms with Gasteiger partial charge in [-0.1, -0.05) is 36.4 Å². The highest BCUT2D eigenvalue weighted by atomic mass is 32.1. The molecule has 87 heavy (non-hydrogen) atoms. The molecule has 35 rings (SSSR count). The maximum atomic E-state index is 17.6. The molecule has 30 aromatic rings. The summed E-state index contributed by atoms with van der Waals surface area (Å²) in [4.78, 5) is 48.5. The second kappa shape index (κ2) is 9.18. The number of rotatable bonds is 11. The summed E-state index contributed by atoms with van der Waals surface area (Å²) in [5, 5.41) is 79.6. The molecule has 0 amide bonds. The van der Waals surface area contributed by atoms with Gasteiger partial charge in [0.25, 0.3) is 0 Å². The van der Waals surface area contributed by atoms with Crippen molar-refractivity contribution in [3.8, 4) is 0 Å². The summed E-state index contributed by atoms with van der Waals surface area (Å²) in [6.07, 6.45) is 0. The quantitative estimate of drug-likeness (QED) is 0.0419. The van der Waals surface area contributed by atoms with Gasteiger partial charge in [0, 0.05) is 0 Å². The molecular weight excluding hydrogens is 1090 g/mol. The van der Waals surface area contributed by atoms with Crippen LogP contribution in [0, 0.1) is 5.41 Å². The molecule has 1 fully saturated rings. The zero-order valence-electron chi connectivity index (χ0n) is 44.4. The van der Waals surface area contributed by atoms with E-state index in [1.165, 1.54) is 314 Å². The second-order valence-electron chi connectivity index (χ2n) is 28.9. The van der Waals surface area contributed by atoms with Gasteiger partial charge in [-0.2, -0.15) is 0 Å². The number of esters is 3. The van der Waals surface area contributed by atoms with E-state index in [1.54, 1.807) is 16.8 Å². The summed E-state index contributed by atoms with van der Waals surface area (Å²) >= 11 is 1.34. The first kappa shape index (κ1) is 36.6. The Bertz CT molecular complexity index is 7650. The van der Waals surface area contributed by atoms with Crippen molar-refractivity contribution in [1.29, 1.82) is 0 Å². The summed E-state index contributed by atoms with van der Waals surface area (Å²) in [6.45, 7) is 0.191. The van der Waals surface area contributed by atoms with E-state index in [0.29, 0.717) is 4.88 Å². The minimum Gasteiger partial charge on any atom is -0.462 e. The third-order valence-corrected chi connectivity index (χ3v) is 28.7. The smallest absolute Gasteiger partial charge is 0.348 e. The number of ether oxygens (including phenoxy) is 4. The van der Waals surface area contributed by atoms with Gasteiger partial charge < -0.3 is 18.9 Å². The van der Waals surface area contributed by atoms with Gasteiger partial charge in [-0.05, 0) is 330 Å². The van der Waals surface area contributed by atoms with E-state index in [0.717, 1.165) is 5.56 Å². The van der Waals surface area contributed by atoms with Crippen molar-refractivity contribution >= 4 is 320 Å². The monoisotopic (exact) mass is 1110 g/mol. The Morgan fingerprint density at radius 3 is 0.828 bits per heavy atom. The first-order valence-electron chi connectivity index (χ1n) is 31.1. The minimum absolute atomic E-state index is 0.0209. The lowest BCUT2D eigenvalue weighted by Gasteiger charge is -2.32. The molecular formula is C79H18O7S. The Balaban J connectivity index is 0.848. The normalized spacial score (nSPS) is 21.7. The molecule has 2 spiro atoms. The molecule has 0 bridgehead atoms. The number of thiophene rings is 1. The zero-order chi connectivity index (χ0) is 53.6.